The van der Waals surface area contributed by atoms with Gasteiger partial charge in [-0.3, -0.25) is 14.4 Å². The van der Waals surface area contributed by atoms with Crippen molar-refractivity contribution in [3.8, 4) is 0 Å². The van der Waals surface area contributed by atoms with E-state index in [9.17, 15) is 14.4 Å². The van der Waals surface area contributed by atoms with Crippen molar-refractivity contribution in [2.24, 2.45) is 0 Å². The van der Waals surface area contributed by atoms with Gasteiger partial charge in [-0.25, -0.2) is 0 Å². The molecule has 0 aromatic carbocycles. The molecule has 0 aromatic rings. The van der Waals surface area contributed by atoms with Crippen LogP contribution in [0.2, 0.25) is 0 Å². The number of hydrogen-bond acceptors (Lipinski definition) is 6. The third-order valence-electron chi connectivity index (χ3n) is 11.7. The zero-order valence-electron chi connectivity index (χ0n) is 40.2. The molecule has 0 heterocycles. The molecule has 0 aliphatic carbocycles. The minimum absolute atomic E-state index is 0.0727. The fraction of sp³-hybridized carbons (Fsp3) is 0.870. The van der Waals surface area contributed by atoms with Gasteiger partial charge in [-0.15, -0.1) is 0 Å². The van der Waals surface area contributed by atoms with Gasteiger partial charge < -0.3 is 14.2 Å². The summed E-state index contributed by atoms with van der Waals surface area (Å²) in [5.41, 5.74) is 0. The standard InChI is InChI=1S/C54H100O6/c1-4-7-10-13-16-19-22-24-25-26-27-28-29-30-33-35-38-41-44-47-53(56)59-50-51(49-58-52(55)46-43-40-37-34-31-21-18-15-12-9-6-3)60-54(57)48-45-42-39-36-32-23-20-17-14-11-8-5-2/h15,18,26-27,51H,4-14,16-17,19-25,28-50H2,1-3H3/b18-15-,27-26-. The van der Waals surface area contributed by atoms with Crippen LogP contribution in [0, 0.1) is 0 Å². The molecule has 1 unspecified atom stereocenters. The molecule has 6 heteroatoms. The molecule has 0 amide bonds. The van der Waals surface area contributed by atoms with Gasteiger partial charge in [-0.2, -0.15) is 0 Å². The van der Waals surface area contributed by atoms with Gasteiger partial charge in [-0.1, -0.05) is 225 Å². The monoisotopic (exact) mass is 845 g/mol. The van der Waals surface area contributed by atoms with Crippen molar-refractivity contribution in [3.05, 3.63) is 24.3 Å². The van der Waals surface area contributed by atoms with Crippen molar-refractivity contribution in [2.45, 2.75) is 290 Å². The normalized spacial score (nSPS) is 12.1. The Labute approximate surface area is 373 Å². The van der Waals surface area contributed by atoms with E-state index in [1.54, 1.807) is 0 Å². The van der Waals surface area contributed by atoms with Crippen molar-refractivity contribution in [2.75, 3.05) is 13.2 Å². The van der Waals surface area contributed by atoms with Crippen LogP contribution in [-0.2, 0) is 28.6 Å². The molecule has 0 aliphatic heterocycles. The number of allylic oxidation sites excluding steroid dienone is 4. The van der Waals surface area contributed by atoms with Gasteiger partial charge in [0.15, 0.2) is 6.10 Å². The van der Waals surface area contributed by atoms with Crippen molar-refractivity contribution in [1.29, 1.82) is 0 Å². The summed E-state index contributed by atoms with van der Waals surface area (Å²) >= 11 is 0. The van der Waals surface area contributed by atoms with E-state index in [-0.39, 0.29) is 31.1 Å². The second-order valence-corrected chi connectivity index (χ2v) is 17.8. The molecule has 0 saturated heterocycles. The van der Waals surface area contributed by atoms with Gasteiger partial charge in [-0.05, 0) is 64.2 Å². The average molecular weight is 845 g/mol. The molecule has 0 fully saturated rings. The highest BCUT2D eigenvalue weighted by atomic mass is 16.6. The minimum Gasteiger partial charge on any atom is -0.462 e. The van der Waals surface area contributed by atoms with Crippen LogP contribution in [-0.4, -0.2) is 37.2 Å². The largest absolute Gasteiger partial charge is 0.462 e. The van der Waals surface area contributed by atoms with Gasteiger partial charge >= 0.3 is 17.9 Å². The maximum Gasteiger partial charge on any atom is 0.306 e. The first-order valence-corrected chi connectivity index (χ1v) is 26.3. The van der Waals surface area contributed by atoms with E-state index in [0.29, 0.717) is 19.3 Å². The highest BCUT2D eigenvalue weighted by molar-refractivity contribution is 5.71. The second kappa shape index (κ2) is 49.5. The lowest BCUT2D eigenvalue weighted by Crippen LogP contribution is -2.30. The number of rotatable bonds is 48. The van der Waals surface area contributed by atoms with Crippen molar-refractivity contribution >= 4 is 17.9 Å². The van der Waals surface area contributed by atoms with E-state index < -0.39 is 6.10 Å². The highest BCUT2D eigenvalue weighted by Gasteiger charge is 2.19. The van der Waals surface area contributed by atoms with Crippen LogP contribution < -0.4 is 0 Å². The fourth-order valence-corrected chi connectivity index (χ4v) is 7.65. The predicted molar refractivity (Wildman–Crippen MR) is 256 cm³/mol. The Kier molecular flexibility index (Phi) is 47.8. The molecule has 352 valence electrons. The maximum atomic E-state index is 12.8. The van der Waals surface area contributed by atoms with Crippen LogP contribution in [0.25, 0.3) is 0 Å². The fourth-order valence-electron chi connectivity index (χ4n) is 7.65. The highest BCUT2D eigenvalue weighted by Crippen LogP contribution is 2.16. The number of hydrogen-bond donors (Lipinski definition) is 0. The lowest BCUT2D eigenvalue weighted by molar-refractivity contribution is -0.167. The Hall–Kier alpha value is -2.11. The quantitative estimate of drug-likeness (QED) is 0.0263. The molecular weight excluding hydrogens is 745 g/mol. The van der Waals surface area contributed by atoms with E-state index in [1.807, 2.05) is 0 Å². The van der Waals surface area contributed by atoms with Gasteiger partial charge in [0, 0.05) is 19.3 Å². The summed E-state index contributed by atoms with van der Waals surface area (Å²) in [7, 11) is 0. The van der Waals surface area contributed by atoms with Crippen molar-refractivity contribution in [3.63, 3.8) is 0 Å². The van der Waals surface area contributed by atoms with Crippen LogP contribution >= 0.6 is 0 Å². The molecule has 0 rings (SSSR count). The first-order valence-electron chi connectivity index (χ1n) is 26.3. The minimum atomic E-state index is -0.770. The Morgan fingerprint density at radius 3 is 0.883 bits per heavy atom. The molecule has 0 radical (unpaired) electrons. The third kappa shape index (κ3) is 46.9. The molecule has 0 aliphatic rings. The number of esters is 3. The SMILES string of the molecule is CCCC/C=C\CCCCCCCC(=O)OCC(COC(=O)CCCCCCCCC/C=C\CCCCCCCCCC)OC(=O)CCCCCCCCCCCCCC. The van der Waals surface area contributed by atoms with E-state index in [0.717, 1.165) is 64.2 Å². The van der Waals surface area contributed by atoms with Crippen molar-refractivity contribution < 1.29 is 28.6 Å². The zero-order valence-corrected chi connectivity index (χ0v) is 40.2. The zero-order chi connectivity index (χ0) is 43.7. The Balaban J connectivity index is 4.28. The molecule has 0 spiro atoms. The molecule has 6 nitrogen and oxygen atoms in total. The number of carbonyl (C=O) groups excluding carboxylic acids is 3. The summed E-state index contributed by atoms with van der Waals surface area (Å²) in [6.45, 7) is 6.61. The average Bonchev–Trinajstić information content (AvgIpc) is 3.24. The molecule has 0 aromatic heterocycles. The van der Waals surface area contributed by atoms with Crippen LogP contribution in [0.5, 0.6) is 0 Å². The van der Waals surface area contributed by atoms with Crippen molar-refractivity contribution in [1.82, 2.24) is 0 Å². The van der Waals surface area contributed by atoms with Crippen LogP contribution in [0.1, 0.15) is 284 Å². The van der Waals surface area contributed by atoms with E-state index in [1.165, 1.54) is 180 Å². The lowest BCUT2D eigenvalue weighted by Gasteiger charge is -2.18. The molecular formula is C54H100O6. The summed E-state index contributed by atoms with van der Waals surface area (Å²) in [6, 6.07) is 0. The summed E-state index contributed by atoms with van der Waals surface area (Å²) in [5.74, 6) is -0.875. The molecule has 0 N–H and O–H groups in total. The van der Waals surface area contributed by atoms with E-state index in [4.69, 9.17) is 14.2 Å². The number of carbonyl (C=O) groups is 3. The summed E-state index contributed by atoms with van der Waals surface area (Å²) in [4.78, 5) is 37.9. The first kappa shape index (κ1) is 57.9. The van der Waals surface area contributed by atoms with E-state index in [2.05, 4.69) is 45.1 Å². The smallest absolute Gasteiger partial charge is 0.306 e. The molecule has 60 heavy (non-hydrogen) atoms. The van der Waals surface area contributed by atoms with Crippen LogP contribution in [0.3, 0.4) is 0 Å². The Morgan fingerprint density at radius 2 is 0.567 bits per heavy atom. The Bertz CT molecular complexity index is 973. The van der Waals surface area contributed by atoms with Crippen LogP contribution in [0.15, 0.2) is 24.3 Å². The van der Waals surface area contributed by atoms with E-state index >= 15 is 0 Å². The topological polar surface area (TPSA) is 78.9 Å². The molecule has 1 atom stereocenters. The summed E-state index contributed by atoms with van der Waals surface area (Å²) in [6.07, 6.45) is 55.9. The summed E-state index contributed by atoms with van der Waals surface area (Å²) < 4.78 is 16.8. The Morgan fingerprint density at radius 1 is 0.317 bits per heavy atom. The lowest BCUT2D eigenvalue weighted by atomic mass is 10.0. The maximum absolute atomic E-state index is 12.8. The molecule has 0 saturated carbocycles. The van der Waals surface area contributed by atoms with Gasteiger partial charge in [0.2, 0.25) is 0 Å². The number of unbranched alkanes of at least 4 members (excludes halogenated alkanes) is 33. The predicted octanol–water partition coefficient (Wildman–Crippen LogP) is 17.2. The third-order valence-corrected chi connectivity index (χ3v) is 11.7. The molecule has 0 bridgehead atoms. The summed E-state index contributed by atoms with van der Waals surface area (Å²) in [5, 5.41) is 0. The van der Waals surface area contributed by atoms with Gasteiger partial charge in [0.05, 0.1) is 0 Å². The van der Waals surface area contributed by atoms with Gasteiger partial charge in [0.25, 0.3) is 0 Å². The second-order valence-electron chi connectivity index (χ2n) is 17.8. The van der Waals surface area contributed by atoms with Crippen LogP contribution in [0.4, 0.5) is 0 Å². The first-order chi connectivity index (χ1) is 29.5. The number of ether oxygens (including phenoxy) is 3. The van der Waals surface area contributed by atoms with Gasteiger partial charge in [0.1, 0.15) is 13.2 Å².